The molecule has 2 aliphatic rings. The Balaban J connectivity index is 1.66. The minimum atomic E-state index is -0.137. The second-order valence-electron chi connectivity index (χ2n) is 8.58. The normalized spacial score (nSPS) is 19.4. The van der Waals surface area contributed by atoms with Gasteiger partial charge in [-0.3, -0.25) is 9.59 Å². The average Bonchev–Trinajstić information content (AvgIpc) is 2.87. The molecular formula is C24H30N2O2S. The molecule has 29 heavy (non-hydrogen) atoms. The van der Waals surface area contributed by atoms with Crippen LogP contribution in [0.5, 0.6) is 0 Å². The van der Waals surface area contributed by atoms with Crippen LogP contribution in [0.1, 0.15) is 75.7 Å². The summed E-state index contributed by atoms with van der Waals surface area (Å²) in [4.78, 5) is 29.7. The molecule has 2 amide bonds. The van der Waals surface area contributed by atoms with Crippen LogP contribution in [0.25, 0.3) is 0 Å². The summed E-state index contributed by atoms with van der Waals surface area (Å²) in [6, 6.07) is 7.58. The minimum absolute atomic E-state index is 0.109. The number of carbonyl (C=O) groups is 2. The van der Waals surface area contributed by atoms with Gasteiger partial charge in [0.1, 0.15) is 5.00 Å². The predicted molar refractivity (Wildman–Crippen MR) is 119 cm³/mol. The van der Waals surface area contributed by atoms with Gasteiger partial charge in [0, 0.05) is 23.5 Å². The summed E-state index contributed by atoms with van der Waals surface area (Å²) < 4.78 is 0. The summed E-state index contributed by atoms with van der Waals surface area (Å²) in [6.07, 6.45) is 7.57. The zero-order valence-corrected chi connectivity index (χ0v) is 18.2. The maximum absolute atomic E-state index is 13.5. The van der Waals surface area contributed by atoms with Crippen LogP contribution >= 0.6 is 11.3 Å². The number of carbonyl (C=O) groups excluding carboxylic acids is 2. The van der Waals surface area contributed by atoms with Gasteiger partial charge in [0.15, 0.2) is 0 Å². The molecule has 1 aromatic carbocycles. The van der Waals surface area contributed by atoms with E-state index in [9.17, 15) is 9.59 Å². The topological polar surface area (TPSA) is 49.4 Å². The van der Waals surface area contributed by atoms with E-state index in [0.29, 0.717) is 11.5 Å². The molecule has 154 valence electrons. The number of likely N-dealkylation sites (tertiary alicyclic amines) is 1. The number of nitrogens with zero attached hydrogens (tertiary/aromatic N) is 1. The van der Waals surface area contributed by atoms with Crippen molar-refractivity contribution in [3.63, 3.8) is 0 Å². The van der Waals surface area contributed by atoms with Gasteiger partial charge in [-0.25, -0.2) is 0 Å². The summed E-state index contributed by atoms with van der Waals surface area (Å²) in [6.45, 7) is 5.92. The summed E-state index contributed by atoms with van der Waals surface area (Å²) in [5, 5.41) is 3.83. The van der Waals surface area contributed by atoms with Crippen molar-refractivity contribution in [2.45, 2.75) is 58.8 Å². The molecular weight excluding hydrogens is 380 g/mol. The Bertz CT molecular complexity index is 892. The van der Waals surface area contributed by atoms with Gasteiger partial charge in [0.05, 0.1) is 5.56 Å². The quantitative estimate of drug-likeness (QED) is 0.731. The Morgan fingerprint density at radius 3 is 2.45 bits per heavy atom. The van der Waals surface area contributed by atoms with Gasteiger partial charge >= 0.3 is 0 Å². The van der Waals surface area contributed by atoms with Crippen molar-refractivity contribution in [3.8, 4) is 0 Å². The van der Waals surface area contributed by atoms with Gasteiger partial charge in [-0.15, -0.1) is 11.3 Å². The number of hydrogen-bond donors (Lipinski definition) is 1. The molecule has 1 aliphatic carbocycles. The number of aryl methyl sites for hydroxylation is 1. The van der Waals surface area contributed by atoms with E-state index in [0.717, 1.165) is 61.3 Å². The Labute approximate surface area is 177 Å². The average molecular weight is 411 g/mol. The van der Waals surface area contributed by atoms with Gasteiger partial charge < -0.3 is 10.2 Å². The highest BCUT2D eigenvalue weighted by Gasteiger charge is 2.31. The number of nitrogens with one attached hydrogen (secondary N) is 1. The fraction of sp³-hybridized carbons (Fsp3) is 0.500. The van der Waals surface area contributed by atoms with Crippen molar-refractivity contribution in [1.29, 1.82) is 0 Å². The monoisotopic (exact) mass is 410 g/mol. The summed E-state index contributed by atoms with van der Waals surface area (Å²) in [5.74, 6) is 0.600. The predicted octanol–water partition coefficient (Wildman–Crippen LogP) is 5.45. The van der Waals surface area contributed by atoms with Gasteiger partial charge in [-0.05, 0) is 62.6 Å². The molecule has 0 unspecified atom stereocenters. The zero-order chi connectivity index (χ0) is 20.4. The second-order valence-corrected chi connectivity index (χ2v) is 9.69. The Morgan fingerprint density at radius 2 is 1.76 bits per heavy atom. The van der Waals surface area contributed by atoms with Crippen LogP contribution in [-0.4, -0.2) is 29.8 Å². The van der Waals surface area contributed by atoms with Crippen LogP contribution < -0.4 is 5.32 Å². The number of amides is 2. The first kappa shape index (κ1) is 20.1. The summed E-state index contributed by atoms with van der Waals surface area (Å²) >= 11 is 1.61. The Hall–Kier alpha value is -2.14. The molecule has 1 fully saturated rings. The van der Waals surface area contributed by atoms with Crippen molar-refractivity contribution in [2.75, 3.05) is 18.4 Å². The van der Waals surface area contributed by atoms with Crippen LogP contribution in [-0.2, 0) is 12.8 Å². The van der Waals surface area contributed by atoms with E-state index in [1.165, 1.54) is 23.3 Å². The van der Waals surface area contributed by atoms with Crippen molar-refractivity contribution < 1.29 is 9.59 Å². The number of hydrogen-bond acceptors (Lipinski definition) is 3. The third kappa shape index (κ3) is 4.40. The number of rotatable bonds is 3. The molecule has 1 atom stereocenters. The highest BCUT2D eigenvalue weighted by atomic mass is 32.1. The Kier molecular flexibility index (Phi) is 6.04. The number of benzene rings is 1. The van der Waals surface area contributed by atoms with Crippen molar-refractivity contribution in [3.05, 3.63) is 51.4 Å². The highest BCUT2D eigenvalue weighted by molar-refractivity contribution is 7.17. The molecule has 0 spiro atoms. The lowest BCUT2D eigenvalue weighted by atomic mass is 9.88. The molecule has 1 aromatic heterocycles. The van der Waals surface area contributed by atoms with Crippen molar-refractivity contribution in [2.24, 2.45) is 5.92 Å². The standard InChI is InChI=1S/C24H30N2O2S/c1-16-7-10-18(11-8-16)22(27)25-23-21(19-12-9-17(2)15-20(19)29-23)24(28)26-13-5-3-4-6-14-26/h7-8,10-11,17H,3-6,9,12-15H2,1-2H3,(H,25,27)/t17-/m1/s1. The second kappa shape index (κ2) is 8.70. The van der Waals surface area contributed by atoms with Crippen LogP contribution in [0.4, 0.5) is 5.00 Å². The van der Waals surface area contributed by atoms with Crippen LogP contribution in [0.15, 0.2) is 24.3 Å². The molecule has 2 heterocycles. The van der Waals surface area contributed by atoms with E-state index in [1.807, 2.05) is 36.1 Å². The molecule has 4 rings (SSSR count). The largest absolute Gasteiger partial charge is 0.339 e. The highest BCUT2D eigenvalue weighted by Crippen LogP contribution is 2.40. The Morgan fingerprint density at radius 1 is 1.07 bits per heavy atom. The lowest BCUT2D eigenvalue weighted by molar-refractivity contribution is 0.0761. The van der Waals surface area contributed by atoms with E-state index in [2.05, 4.69) is 12.2 Å². The number of fused-ring (bicyclic) bond motifs is 1. The van der Waals surface area contributed by atoms with E-state index >= 15 is 0 Å². The van der Waals surface area contributed by atoms with E-state index in [1.54, 1.807) is 11.3 Å². The maximum Gasteiger partial charge on any atom is 0.257 e. The number of thiophene rings is 1. The molecule has 1 N–H and O–H groups in total. The molecule has 0 saturated carbocycles. The molecule has 5 heteroatoms. The summed E-state index contributed by atoms with van der Waals surface area (Å²) in [7, 11) is 0. The lowest BCUT2D eigenvalue weighted by Gasteiger charge is -2.23. The van der Waals surface area contributed by atoms with Gasteiger partial charge in [0.25, 0.3) is 11.8 Å². The SMILES string of the molecule is Cc1ccc(C(=O)Nc2sc3c(c2C(=O)N2CCCCCC2)CC[C@@H](C)C3)cc1. The van der Waals surface area contributed by atoms with Gasteiger partial charge in [-0.1, -0.05) is 37.5 Å². The minimum Gasteiger partial charge on any atom is -0.339 e. The molecule has 1 aliphatic heterocycles. The first-order valence-corrected chi connectivity index (χ1v) is 11.7. The van der Waals surface area contributed by atoms with Crippen molar-refractivity contribution in [1.82, 2.24) is 4.90 Å². The van der Waals surface area contributed by atoms with Crippen LogP contribution in [0.2, 0.25) is 0 Å². The summed E-state index contributed by atoms with van der Waals surface area (Å²) in [5.41, 5.74) is 3.70. The van der Waals surface area contributed by atoms with Gasteiger partial charge in [-0.2, -0.15) is 0 Å². The fourth-order valence-corrected chi connectivity index (χ4v) is 5.78. The third-order valence-corrected chi connectivity index (χ3v) is 7.33. The van der Waals surface area contributed by atoms with Crippen LogP contribution in [0.3, 0.4) is 0 Å². The third-order valence-electron chi connectivity index (χ3n) is 6.16. The molecule has 0 radical (unpaired) electrons. The zero-order valence-electron chi connectivity index (χ0n) is 17.4. The lowest BCUT2D eigenvalue weighted by Crippen LogP contribution is -2.33. The van der Waals surface area contributed by atoms with Crippen molar-refractivity contribution >= 4 is 28.2 Å². The first-order chi connectivity index (χ1) is 14.0. The molecule has 1 saturated heterocycles. The molecule has 0 bridgehead atoms. The molecule has 2 aromatic rings. The first-order valence-electron chi connectivity index (χ1n) is 10.8. The smallest absolute Gasteiger partial charge is 0.257 e. The maximum atomic E-state index is 13.5. The van der Waals surface area contributed by atoms with Gasteiger partial charge in [0.2, 0.25) is 0 Å². The number of anilines is 1. The van der Waals surface area contributed by atoms with E-state index in [4.69, 9.17) is 0 Å². The fourth-order valence-electron chi connectivity index (χ4n) is 4.38. The van der Waals surface area contributed by atoms with E-state index in [-0.39, 0.29) is 11.8 Å². The molecule has 4 nitrogen and oxygen atoms in total. The van der Waals surface area contributed by atoms with E-state index < -0.39 is 0 Å². The van der Waals surface area contributed by atoms with Crippen LogP contribution in [0, 0.1) is 12.8 Å².